The van der Waals surface area contributed by atoms with E-state index in [0.717, 1.165) is 48.9 Å². The predicted octanol–water partition coefficient (Wildman–Crippen LogP) is 5.53. The molecule has 1 aliphatic rings. The Morgan fingerprint density at radius 3 is 2.81 bits per heavy atom. The van der Waals surface area contributed by atoms with E-state index >= 15 is 4.39 Å². The molecule has 2 aromatic heterocycles. The van der Waals surface area contributed by atoms with Crippen molar-refractivity contribution in [1.82, 2.24) is 19.9 Å². The number of allylic oxidation sites excluding steroid dienone is 1. The van der Waals surface area contributed by atoms with Crippen molar-refractivity contribution in [3.8, 4) is 0 Å². The van der Waals surface area contributed by atoms with Crippen LogP contribution in [0, 0.1) is 5.82 Å². The van der Waals surface area contributed by atoms with Gasteiger partial charge in [-0.25, -0.2) is 4.39 Å². The number of aromatic nitrogens is 3. The fourth-order valence-corrected chi connectivity index (χ4v) is 4.47. The first-order valence-corrected chi connectivity index (χ1v) is 12.0. The summed E-state index contributed by atoms with van der Waals surface area (Å²) in [6.45, 7) is 4.20. The van der Waals surface area contributed by atoms with Gasteiger partial charge in [-0.2, -0.15) is 9.97 Å². The molecule has 0 aliphatic carbocycles. The minimum atomic E-state index is -0.552. The fourth-order valence-electron chi connectivity index (χ4n) is 4.47. The molecule has 8 nitrogen and oxygen atoms in total. The van der Waals surface area contributed by atoms with Crippen LogP contribution in [0.25, 0.3) is 16.6 Å². The summed E-state index contributed by atoms with van der Waals surface area (Å²) in [5.74, 6) is -0.270. The van der Waals surface area contributed by atoms with Crippen LogP contribution in [-0.4, -0.2) is 38.8 Å². The Bertz CT molecular complexity index is 1450. The molecule has 1 amide bonds. The first-order chi connectivity index (χ1) is 17.5. The Hall–Kier alpha value is -4.40. The van der Waals surface area contributed by atoms with Crippen LogP contribution in [0.2, 0.25) is 0 Å². The van der Waals surface area contributed by atoms with Gasteiger partial charge in [-0.1, -0.05) is 25.1 Å². The van der Waals surface area contributed by atoms with Crippen molar-refractivity contribution in [3.05, 3.63) is 77.9 Å². The quantitative estimate of drug-likeness (QED) is 0.261. The van der Waals surface area contributed by atoms with Crippen LogP contribution in [0.15, 0.2) is 60.9 Å². The second kappa shape index (κ2) is 10.1. The van der Waals surface area contributed by atoms with Gasteiger partial charge in [0.2, 0.25) is 5.95 Å². The van der Waals surface area contributed by atoms with Crippen molar-refractivity contribution in [3.63, 3.8) is 0 Å². The third-order valence-electron chi connectivity index (χ3n) is 6.19. The van der Waals surface area contributed by atoms with Gasteiger partial charge in [-0.3, -0.25) is 4.79 Å². The molecule has 0 saturated carbocycles. The van der Waals surface area contributed by atoms with Gasteiger partial charge in [0, 0.05) is 25.5 Å². The third-order valence-corrected chi connectivity index (χ3v) is 6.19. The van der Waals surface area contributed by atoms with Gasteiger partial charge >= 0.3 is 0 Å². The summed E-state index contributed by atoms with van der Waals surface area (Å²) in [6, 6.07) is 13.9. The maximum atomic E-state index is 15.1. The summed E-state index contributed by atoms with van der Waals surface area (Å²) in [5, 5.41) is 6.89. The number of rotatable bonds is 8. The number of amides is 1. The summed E-state index contributed by atoms with van der Waals surface area (Å²) >= 11 is 0. The number of carbonyl (C=O) groups is 1. The molecular formula is C27H28FN7O. The average Bonchev–Trinajstić information content (AvgIpc) is 3.35. The normalized spacial score (nSPS) is 13.5. The van der Waals surface area contributed by atoms with E-state index in [2.05, 4.69) is 43.6 Å². The highest BCUT2D eigenvalue weighted by atomic mass is 19.1. The maximum absolute atomic E-state index is 15.1. The monoisotopic (exact) mass is 485 g/mol. The molecule has 0 fully saturated rings. The number of primary amides is 1. The number of halogens is 1. The zero-order chi connectivity index (χ0) is 25.1. The van der Waals surface area contributed by atoms with Crippen LogP contribution in [-0.2, 0) is 0 Å². The van der Waals surface area contributed by atoms with E-state index < -0.39 is 5.91 Å². The number of fused-ring (bicyclic) bond motifs is 1. The fraction of sp³-hybridized carbons (Fsp3) is 0.222. The molecule has 0 bridgehead atoms. The van der Waals surface area contributed by atoms with Crippen LogP contribution < -0.4 is 16.4 Å². The standard InChI is InChI=1S/C27H28FN7O/c1-2-13-35-14-5-6-18(16-35)17-9-10-23(21(28)15-17)32-27-33-25-20(11-12-30-25)26(34-27)31-22-8-4-3-7-19(22)24(29)36/h3-4,7-12,15-16H,2,5-6,13-14H2,1H3,(H2,29,36)(H3,30,31,32,33,34). The number of hydrogen-bond acceptors (Lipinski definition) is 6. The summed E-state index contributed by atoms with van der Waals surface area (Å²) < 4.78 is 15.1. The lowest BCUT2D eigenvalue weighted by Crippen LogP contribution is -2.23. The van der Waals surface area contributed by atoms with E-state index in [9.17, 15) is 4.79 Å². The van der Waals surface area contributed by atoms with E-state index in [0.29, 0.717) is 22.7 Å². The minimum Gasteiger partial charge on any atom is -0.377 e. The molecule has 0 spiro atoms. The molecule has 184 valence electrons. The predicted molar refractivity (Wildman–Crippen MR) is 141 cm³/mol. The van der Waals surface area contributed by atoms with Crippen LogP contribution in [0.5, 0.6) is 0 Å². The molecule has 3 heterocycles. The number of nitrogens with zero attached hydrogens (tertiary/aromatic N) is 3. The largest absolute Gasteiger partial charge is 0.377 e. The molecule has 2 aromatic carbocycles. The molecule has 4 aromatic rings. The van der Waals surface area contributed by atoms with Gasteiger partial charge in [-0.05, 0) is 60.7 Å². The minimum absolute atomic E-state index is 0.210. The molecule has 0 saturated heterocycles. The van der Waals surface area contributed by atoms with Crippen LogP contribution in [0.3, 0.4) is 0 Å². The van der Waals surface area contributed by atoms with Crippen molar-refractivity contribution in [2.45, 2.75) is 26.2 Å². The van der Waals surface area contributed by atoms with Crippen molar-refractivity contribution >= 4 is 45.7 Å². The lowest BCUT2D eigenvalue weighted by molar-refractivity contribution is 0.100. The van der Waals surface area contributed by atoms with E-state index in [4.69, 9.17) is 5.73 Å². The highest BCUT2D eigenvalue weighted by Crippen LogP contribution is 2.30. The molecule has 5 N–H and O–H groups in total. The Kier molecular flexibility index (Phi) is 6.53. The number of anilines is 4. The SMILES string of the molecule is CCCN1C=C(c2ccc(Nc3nc(Nc4ccccc4C(N)=O)c4cc[nH]c4n3)c(F)c2)CCC1. The van der Waals surface area contributed by atoms with Crippen LogP contribution in [0.1, 0.15) is 42.1 Å². The van der Waals surface area contributed by atoms with E-state index in [1.165, 1.54) is 0 Å². The molecule has 0 unspecified atom stereocenters. The van der Waals surface area contributed by atoms with Gasteiger partial charge in [-0.15, -0.1) is 0 Å². The van der Waals surface area contributed by atoms with E-state index in [1.807, 2.05) is 12.1 Å². The summed E-state index contributed by atoms with van der Waals surface area (Å²) in [7, 11) is 0. The lowest BCUT2D eigenvalue weighted by atomic mass is 9.98. The molecular weight excluding hydrogens is 457 g/mol. The van der Waals surface area contributed by atoms with Gasteiger partial charge in [0.25, 0.3) is 5.91 Å². The first-order valence-electron chi connectivity index (χ1n) is 12.0. The molecule has 0 radical (unpaired) electrons. The Morgan fingerprint density at radius 2 is 2.00 bits per heavy atom. The smallest absolute Gasteiger partial charge is 0.250 e. The molecule has 36 heavy (non-hydrogen) atoms. The van der Waals surface area contributed by atoms with Crippen LogP contribution >= 0.6 is 0 Å². The van der Waals surface area contributed by atoms with Crippen molar-refractivity contribution in [1.29, 1.82) is 0 Å². The Balaban J connectivity index is 1.43. The number of nitrogens with one attached hydrogen (secondary N) is 3. The number of carbonyl (C=O) groups excluding carboxylic acids is 1. The zero-order valence-corrected chi connectivity index (χ0v) is 20.0. The number of aromatic amines is 1. The number of benzene rings is 2. The van der Waals surface area contributed by atoms with Gasteiger partial charge in [0.05, 0.1) is 22.3 Å². The summed E-state index contributed by atoms with van der Waals surface area (Å²) in [5.41, 5.74) is 9.23. The number of para-hydroxylation sites is 1. The highest BCUT2D eigenvalue weighted by molar-refractivity contribution is 6.00. The number of H-pyrrole nitrogens is 1. The van der Waals surface area contributed by atoms with E-state index in [1.54, 1.807) is 42.6 Å². The van der Waals surface area contributed by atoms with Gasteiger partial charge in [0.1, 0.15) is 17.3 Å². The van der Waals surface area contributed by atoms with Crippen LogP contribution in [0.4, 0.5) is 27.5 Å². The van der Waals surface area contributed by atoms with Crippen molar-refractivity contribution in [2.24, 2.45) is 5.73 Å². The molecule has 1 aliphatic heterocycles. The van der Waals surface area contributed by atoms with Crippen molar-refractivity contribution in [2.75, 3.05) is 23.7 Å². The number of hydrogen-bond donors (Lipinski definition) is 4. The topological polar surface area (TPSA) is 112 Å². The third kappa shape index (κ3) is 4.86. The number of nitrogens with two attached hydrogens (primary N) is 1. The lowest BCUT2D eigenvalue weighted by Gasteiger charge is -2.26. The molecule has 0 atom stereocenters. The highest BCUT2D eigenvalue weighted by Gasteiger charge is 2.16. The summed E-state index contributed by atoms with van der Waals surface area (Å²) in [6.07, 6.45) is 6.96. The molecule has 5 rings (SSSR count). The summed E-state index contributed by atoms with van der Waals surface area (Å²) in [4.78, 5) is 26.2. The Labute approximate surface area is 208 Å². The first kappa shape index (κ1) is 23.3. The zero-order valence-electron chi connectivity index (χ0n) is 20.0. The van der Waals surface area contributed by atoms with Gasteiger partial charge in [0.15, 0.2) is 0 Å². The van der Waals surface area contributed by atoms with Crippen molar-refractivity contribution < 1.29 is 9.18 Å². The van der Waals surface area contributed by atoms with Gasteiger partial charge < -0.3 is 26.3 Å². The average molecular weight is 486 g/mol. The Morgan fingerprint density at radius 1 is 1.14 bits per heavy atom. The molecule has 9 heteroatoms. The maximum Gasteiger partial charge on any atom is 0.250 e. The van der Waals surface area contributed by atoms with E-state index in [-0.39, 0.29) is 17.5 Å². The second-order valence-corrected chi connectivity index (χ2v) is 8.78. The second-order valence-electron chi connectivity index (χ2n) is 8.78.